The second kappa shape index (κ2) is 9.11. The minimum atomic E-state index is -1.03. The van der Waals surface area contributed by atoms with Crippen LogP contribution in [0.25, 0.3) is 5.69 Å². The molecule has 1 N–H and O–H groups in total. The number of carbonyl (C=O) groups is 1. The van der Waals surface area contributed by atoms with Crippen molar-refractivity contribution in [3.8, 4) is 5.69 Å². The molecule has 0 radical (unpaired) electrons. The van der Waals surface area contributed by atoms with Gasteiger partial charge in [0.05, 0.1) is 16.3 Å². The highest BCUT2D eigenvalue weighted by Crippen LogP contribution is 2.33. The van der Waals surface area contributed by atoms with Crippen molar-refractivity contribution in [2.45, 2.75) is 51.9 Å². The molecule has 0 unspecified atom stereocenters. The smallest absolute Gasteiger partial charge is 0.337 e. The fourth-order valence-corrected chi connectivity index (χ4v) is 4.80. The monoisotopic (exact) mass is 434 g/mol. The fraction of sp³-hybridized carbons (Fsp3) is 0.308. The van der Waals surface area contributed by atoms with Crippen molar-refractivity contribution >= 4 is 29.5 Å². The van der Waals surface area contributed by atoms with Gasteiger partial charge in [0.1, 0.15) is 0 Å². The first-order chi connectivity index (χ1) is 14.9. The second-order valence-corrected chi connectivity index (χ2v) is 8.72. The maximum Gasteiger partial charge on any atom is 0.337 e. The zero-order chi connectivity index (χ0) is 22.0. The Hall–Kier alpha value is -2.85. The number of carboxylic acids is 1. The summed E-state index contributed by atoms with van der Waals surface area (Å²) in [6.07, 6.45) is 8.53. The van der Waals surface area contributed by atoms with E-state index in [0.717, 1.165) is 28.3 Å². The van der Waals surface area contributed by atoms with Gasteiger partial charge in [-0.3, -0.25) is 4.99 Å². The largest absolute Gasteiger partial charge is 0.478 e. The molecule has 0 atom stereocenters. The van der Waals surface area contributed by atoms with Gasteiger partial charge in [-0.2, -0.15) is 0 Å². The van der Waals surface area contributed by atoms with E-state index in [2.05, 4.69) is 39.9 Å². The molecule has 1 fully saturated rings. The molecule has 5 heteroatoms. The molecule has 1 aromatic heterocycles. The molecule has 4 nitrogen and oxygen atoms in total. The highest BCUT2D eigenvalue weighted by molar-refractivity contribution is 6.33. The van der Waals surface area contributed by atoms with Crippen LogP contribution in [0.3, 0.4) is 0 Å². The third-order valence-corrected chi connectivity index (χ3v) is 6.55. The van der Waals surface area contributed by atoms with Crippen LogP contribution < -0.4 is 0 Å². The van der Waals surface area contributed by atoms with Crippen molar-refractivity contribution in [2.24, 2.45) is 4.99 Å². The average molecular weight is 435 g/mol. The Morgan fingerprint density at radius 2 is 1.77 bits per heavy atom. The average Bonchev–Trinajstić information content (AvgIpc) is 3.06. The maximum atomic E-state index is 11.2. The van der Waals surface area contributed by atoms with E-state index in [1.807, 2.05) is 20.1 Å². The number of nitrogens with zero attached hydrogens (tertiary/aromatic N) is 2. The van der Waals surface area contributed by atoms with E-state index < -0.39 is 5.97 Å². The highest BCUT2D eigenvalue weighted by atomic mass is 35.5. The van der Waals surface area contributed by atoms with Crippen LogP contribution in [0.2, 0.25) is 5.02 Å². The number of aromatic nitrogens is 1. The van der Waals surface area contributed by atoms with Crippen LogP contribution in [0, 0.1) is 13.8 Å². The molecule has 0 amide bonds. The van der Waals surface area contributed by atoms with Crippen molar-refractivity contribution in [3.05, 3.63) is 81.6 Å². The van der Waals surface area contributed by atoms with Gasteiger partial charge in [-0.05, 0) is 74.6 Å². The standard InChI is InChI=1S/C26H27ClN2O2/c1-17-14-21(18(2)29(17)23-12-13-24(26(30)31)25(27)15-23)16-28-22-10-8-20(9-11-22)19-6-4-3-5-7-19/h8-16,19H,3-7H2,1-2H3,(H,30,31). The number of aliphatic imine (C=N–C) groups is 1. The van der Waals surface area contributed by atoms with Crippen LogP contribution in [0.4, 0.5) is 5.69 Å². The summed E-state index contributed by atoms with van der Waals surface area (Å²) >= 11 is 6.18. The van der Waals surface area contributed by atoms with E-state index in [1.54, 1.807) is 18.2 Å². The third-order valence-electron chi connectivity index (χ3n) is 6.23. The van der Waals surface area contributed by atoms with E-state index in [-0.39, 0.29) is 10.6 Å². The molecule has 0 spiro atoms. The molecule has 31 heavy (non-hydrogen) atoms. The zero-order valence-corrected chi connectivity index (χ0v) is 18.7. The van der Waals surface area contributed by atoms with E-state index in [9.17, 15) is 9.90 Å². The molecule has 1 aliphatic carbocycles. The van der Waals surface area contributed by atoms with Gasteiger partial charge in [0, 0.05) is 28.9 Å². The Kier molecular flexibility index (Phi) is 6.28. The van der Waals surface area contributed by atoms with Crippen molar-refractivity contribution in [1.29, 1.82) is 0 Å². The molecular formula is C26H27ClN2O2. The number of rotatable bonds is 5. The summed E-state index contributed by atoms with van der Waals surface area (Å²) in [6, 6.07) is 15.7. The van der Waals surface area contributed by atoms with Crippen LogP contribution in [0.1, 0.15) is 70.9 Å². The van der Waals surface area contributed by atoms with Crippen LogP contribution in [0.5, 0.6) is 0 Å². The second-order valence-electron chi connectivity index (χ2n) is 8.32. The Morgan fingerprint density at radius 1 is 1.06 bits per heavy atom. The van der Waals surface area contributed by atoms with Crippen molar-refractivity contribution in [3.63, 3.8) is 0 Å². The number of halogens is 1. The zero-order valence-electron chi connectivity index (χ0n) is 17.9. The normalized spacial score (nSPS) is 14.9. The molecule has 3 aromatic rings. The lowest BCUT2D eigenvalue weighted by Crippen LogP contribution is -2.03. The number of carboxylic acid groups (broad SMARTS) is 1. The Balaban J connectivity index is 1.55. The predicted octanol–water partition coefficient (Wildman–Crippen LogP) is 7.24. The van der Waals surface area contributed by atoms with Crippen LogP contribution >= 0.6 is 11.6 Å². The van der Waals surface area contributed by atoms with E-state index >= 15 is 0 Å². The molecular weight excluding hydrogens is 408 g/mol. The molecule has 160 valence electrons. The van der Waals surface area contributed by atoms with Crippen LogP contribution in [-0.4, -0.2) is 21.9 Å². The lowest BCUT2D eigenvalue weighted by molar-refractivity contribution is 0.0697. The molecule has 2 aromatic carbocycles. The van der Waals surface area contributed by atoms with Gasteiger partial charge in [0.25, 0.3) is 0 Å². The summed E-state index contributed by atoms with van der Waals surface area (Å²) < 4.78 is 2.06. The molecule has 1 heterocycles. The van der Waals surface area contributed by atoms with Crippen LogP contribution in [0.15, 0.2) is 53.5 Å². The van der Waals surface area contributed by atoms with Gasteiger partial charge >= 0.3 is 5.97 Å². The van der Waals surface area contributed by atoms with Crippen molar-refractivity contribution in [1.82, 2.24) is 4.57 Å². The summed E-state index contributed by atoms with van der Waals surface area (Å²) in [4.78, 5) is 15.9. The van der Waals surface area contributed by atoms with Crippen LogP contribution in [-0.2, 0) is 0 Å². The van der Waals surface area contributed by atoms with Gasteiger partial charge in [-0.1, -0.05) is 43.0 Å². The quantitative estimate of drug-likeness (QED) is 0.430. The number of aromatic carboxylic acids is 1. The van der Waals surface area contributed by atoms with E-state index in [1.165, 1.54) is 37.7 Å². The summed E-state index contributed by atoms with van der Waals surface area (Å²) in [5.74, 6) is -0.329. The summed E-state index contributed by atoms with van der Waals surface area (Å²) in [6.45, 7) is 4.04. The molecule has 1 aliphatic rings. The number of hydrogen-bond acceptors (Lipinski definition) is 2. The Morgan fingerprint density at radius 3 is 2.42 bits per heavy atom. The SMILES string of the molecule is Cc1cc(C=Nc2ccc(C3CCCCC3)cc2)c(C)n1-c1ccc(C(=O)O)c(Cl)c1. The van der Waals surface area contributed by atoms with Gasteiger partial charge in [-0.15, -0.1) is 0 Å². The summed E-state index contributed by atoms with van der Waals surface area (Å²) in [7, 11) is 0. The van der Waals surface area contributed by atoms with E-state index in [4.69, 9.17) is 11.6 Å². The molecule has 4 rings (SSSR count). The van der Waals surface area contributed by atoms with Gasteiger partial charge < -0.3 is 9.67 Å². The summed E-state index contributed by atoms with van der Waals surface area (Å²) in [5.41, 5.74) is 6.39. The lowest BCUT2D eigenvalue weighted by Gasteiger charge is -2.21. The third kappa shape index (κ3) is 4.59. The highest BCUT2D eigenvalue weighted by Gasteiger charge is 2.15. The fourth-order valence-electron chi connectivity index (χ4n) is 4.54. The predicted molar refractivity (Wildman–Crippen MR) is 127 cm³/mol. The Bertz CT molecular complexity index is 1120. The first-order valence-electron chi connectivity index (χ1n) is 10.8. The first kappa shape index (κ1) is 21.4. The van der Waals surface area contributed by atoms with E-state index in [0.29, 0.717) is 5.92 Å². The topological polar surface area (TPSA) is 54.6 Å². The molecule has 0 aliphatic heterocycles. The van der Waals surface area contributed by atoms with Gasteiger partial charge in [0.15, 0.2) is 0 Å². The Labute approximate surface area is 188 Å². The number of hydrogen-bond donors (Lipinski definition) is 1. The van der Waals surface area contributed by atoms with Gasteiger partial charge in [-0.25, -0.2) is 4.79 Å². The number of benzene rings is 2. The molecule has 0 saturated heterocycles. The first-order valence-corrected chi connectivity index (χ1v) is 11.2. The molecule has 0 bridgehead atoms. The molecule has 1 saturated carbocycles. The van der Waals surface area contributed by atoms with Crippen molar-refractivity contribution < 1.29 is 9.90 Å². The minimum Gasteiger partial charge on any atom is -0.478 e. The maximum absolute atomic E-state index is 11.2. The summed E-state index contributed by atoms with van der Waals surface area (Å²) in [5, 5.41) is 9.43. The minimum absolute atomic E-state index is 0.103. The van der Waals surface area contributed by atoms with Gasteiger partial charge in [0.2, 0.25) is 0 Å². The van der Waals surface area contributed by atoms with Crippen molar-refractivity contribution in [2.75, 3.05) is 0 Å². The lowest BCUT2D eigenvalue weighted by atomic mass is 9.84. The number of aryl methyl sites for hydroxylation is 1.